The predicted octanol–water partition coefficient (Wildman–Crippen LogP) is 2.81. The first kappa shape index (κ1) is 10.9. The van der Waals surface area contributed by atoms with Gasteiger partial charge in [0.25, 0.3) is 0 Å². The van der Waals surface area contributed by atoms with E-state index in [2.05, 4.69) is 45.7 Å². The summed E-state index contributed by atoms with van der Waals surface area (Å²) in [5, 5.41) is 0. The van der Waals surface area contributed by atoms with E-state index in [1.807, 2.05) is 12.1 Å². The van der Waals surface area contributed by atoms with Crippen molar-refractivity contribution < 1.29 is 0 Å². The summed E-state index contributed by atoms with van der Waals surface area (Å²) in [7, 11) is 2.11. The maximum atomic E-state index is 5.72. The second kappa shape index (κ2) is 3.52. The van der Waals surface area contributed by atoms with Crippen molar-refractivity contribution in [3.63, 3.8) is 0 Å². The van der Waals surface area contributed by atoms with Crippen molar-refractivity contribution in [3.8, 4) is 0 Å². The predicted molar refractivity (Wildman–Crippen MR) is 63.7 cm³/mol. The van der Waals surface area contributed by atoms with Gasteiger partial charge in [0, 0.05) is 24.0 Å². The summed E-state index contributed by atoms with van der Waals surface area (Å²) in [6.07, 6.45) is 0. The summed E-state index contributed by atoms with van der Waals surface area (Å²) in [4.78, 5) is 2.27. The second-order valence-electron chi connectivity index (χ2n) is 4.78. The topological polar surface area (TPSA) is 29.3 Å². The highest BCUT2D eigenvalue weighted by molar-refractivity contribution is 5.59. The smallest absolute Gasteiger partial charge is 0.0399 e. The van der Waals surface area contributed by atoms with E-state index >= 15 is 0 Å². The van der Waals surface area contributed by atoms with Crippen LogP contribution in [0.15, 0.2) is 18.2 Å². The van der Waals surface area contributed by atoms with Crippen molar-refractivity contribution in [2.75, 3.05) is 17.7 Å². The van der Waals surface area contributed by atoms with Crippen LogP contribution in [-0.4, -0.2) is 12.6 Å². The van der Waals surface area contributed by atoms with Gasteiger partial charge in [0.15, 0.2) is 0 Å². The van der Waals surface area contributed by atoms with E-state index in [-0.39, 0.29) is 5.54 Å². The van der Waals surface area contributed by atoms with Crippen molar-refractivity contribution in [1.29, 1.82) is 0 Å². The van der Waals surface area contributed by atoms with Gasteiger partial charge < -0.3 is 10.6 Å². The van der Waals surface area contributed by atoms with Gasteiger partial charge in [-0.25, -0.2) is 0 Å². The monoisotopic (exact) mass is 192 g/mol. The van der Waals surface area contributed by atoms with Crippen LogP contribution in [0, 0.1) is 6.92 Å². The number of nitrogens with zero attached hydrogens (tertiary/aromatic N) is 1. The molecule has 0 radical (unpaired) electrons. The summed E-state index contributed by atoms with van der Waals surface area (Å²) in [5.74, 6) is 0. The zero-order chi connectivity index (χ0) is 10.9. The van der Waals surface area contributed by atoms with Crippen LogP contribution in [0.5, 0.6) is 0 Å². The van der Waals surface area contributed by atoms with Gasteiger partial charge in [-0.15, -0.1) is 0 Å². The molecule has 0 saturated carbocycles. The Morgan fingerprint density at radius 3 is 2.21 bits per heavy atom. The van der Waals surface area contributed by atoms with Gasteiger partial charge in [0.1, 0.15) is 0 Å². The molecule has 0 aliphatic rings. The minimum Gasteiger partial charge on any atom is -0.399 e. The molecule has 0 amide bonds. The summed E-state index contributed by atoms with van der Waals surface area (Å²) >= 11 is 0. The lowest BCUT2D eigenvalue weighted by atomic mass is 10.0. The molecule has 0 aliphatic carbocycles. The van der Waals surface area contributed by atoms with Crippen molar-refractivity contribution in [2.24, 2.45) is 0 Å². The van der Waals surface area contributed by atoms with Crippen LogP contribution in [-0.2, 0) is 0 Å². The summed E-state index contributed by atoms with van der Waals surface area (Å²) in [6, 6.07) is 6.04. The first-order valence-electron chi connectivity index (χ1n) is 4.92. The first-order chi connectivity index (χ1) is 6.32. The Morgan fingerprint density at radius 1 is 1.21 bits per heavy atom. The van der Waals surface area contributed by atoms with Crippen molar-refractivity contribution in [3.05, 3.63) is 23.8 Å². The SMILES string of the molecule is Cc1cc(N)ccc1N(C)C(C)(C)C. The Labute approximate surface area is 86.7 Å². The molecule has 0 heterocycles. The molecule has 0 fully saturated rings. The lowest BCUT2D eigenvalue weighted by Crippen LogP contribution is -2.38. The third-order valence-corrected chi connectivity index (χ3v) is 2.59. The number of rotatable bonds is 1. The molecule has 0 spiro atoms. The molecule has 1 rings (SSSR count). The number of hydrogen-bond acceptors (Lipinski definition) is 2. The highest BCUT2D eigenvalue weighted by Crippen LogP contribution is 2.26. The fourth-order valence-corrected chi connectivity index (χ4v) is 1.42. The molecule has 0 saturated heterocycles. The molecule has 1 aromatic rings. The largest absolute Gasteiger partial charge is 0.399 e. The van der Waals surface area contributed by atoms with Crippen molar-refractivity contribution in [1.82, 2.24) is 0 Å². The average Bonchev–Trinajstić information content (AvgIpc) is 2.01. The van der Waals surface area contributed by atoms with Crippen LogP contribution < -0.4 is 10.6 Å². The highest BCUT2D eigenvalue weighted by atomic mass is 15.2. The molecule has 1 aromatic carbocycles. The minimum absolute atomic E-state index is 0.140. The maximum Gasteiger partial charge on any atom is 0.0399 e. The van der Waals surface area contributed by atoms with E-state index in [1.165, 1.54) is 11.3 Å². The molecule has 2 heteroatoms. The van der Waals surface area contributed by atoms with Gasteiger partial charge in [-0.05, 0) is 51.5 Å². The third kappa shape index (κ3) is 2.19. The van der Waals surface area contributed by atoms with Gasteiger partial charge >= 0.3 is 0 Å². The number of hydrogen-bond donors (Lipinski definition) is 1. The lowest BCUT2D eigenvalue weighted by Gasteiger charge is -2.35. The van der Waals surface area contributed by atoms with Crippen LogP contribution in [0.25, 0.3) is 0 Å². The number of anilines is 2. The fraction of sp³-hybridized carbons (Fsp3) is 0.500. The zero-order valence-electron chi connectivity index (χ0n) is 9.76. The lowest BCUT2D eigenvalue weighted by molar-refractivity contribution is 0.538. The number of aryl methyl sites for hydroxylation is 1. The van der Waals surface area contributed by atoms with E-state index in [4.69, 9.17) is 5.73 Å². The van der Waals surface area contributed by atoms with Gasteiger partial charge in [-0.2, -0.15) is 0 Å². The van der Waals surface area contributed by atoms with E-state index < -0.39 is 0 Å². The molecule has 2 nitrogen and oxygen atoms in total. The van der Waals surface area contributed by atoms with Gasteiger partial charge in [-0.1, -0.05) is 0 Å². The van der Waals surface area contributed by atoms with Crippen LogP contribution in [0.3, 0.4) is 0 Å². The van der Waals surface area contributed by atoms with E-state index in [9.17, 15) is 0 Å². The van der Waals surface area contributed by atoms with Crippen molar-refractivity contribution in [2.45, 2.75) is 33.2 Å². The van der Waals surface area contributed by atoms with Crippen LogP contribution in [0.1, 0.15) is 26.3 Å². The highest BCUT2D eigenvalue weighted by Gasteiger charge is 2.18. The zero-order valence-corrected chi connectivity index (χ0v) is 9.76. The number of benzene rings is 1. The molecular formula is C12H20N2. The maximum absolute atomic E-state index is 5.72. The third-order valence-electron chi connectivity index (χ3n) is 2.59. The van der Waals surface area contributed by atoms with E-state index in [0.29, 0.717) is 0 Å². The van der Waals surface area contributed by atoms with Gasteiger partial charge in [-0.3, -0.25) is 0 Å². The average molecular weight is 192 g/mol. The Morgan fingerprint density at radius 2 is 1.79 bits per heavy atom. The van der Waals surface area contributed by atoms with Crippen LogP contribution in [0.2, 0.25) is 0 Å². The Kier molecular flexibility index (Phi) is 2.74. The fourth-order valence-electron chi connectivity index (χ4n) is 1.42. The van der Waals surface area contributed by atoms with E-state index in [0.717, 1.165) is 5.69 Å². The molecule has 0 aliphatic heterocycles. The minimum atomic E-state index is 0.140. The number of nitrogens with two attached hydrogens (primary N) is 1. The Balaban J connectivity index is 3.08. The molecule has 0 atom stereocenters. The number of nitrogen functional groups attached to an aromatic ring is 1. The van der Waals surface area contributed by atoms with Gasteiger partial charge in [0.05, 0.1) is 0 Å². The molecular weight excluding hydrogens is 172 g/mol. The first-order valence-corrected chi connectivity index (χ1v) is 4.92. The molecule has 0 bridgehead atoms. The summed E-state index contributed by atoms with van der Waals surface area (Å²) < 4.78 is 0. The second-order valence-corrected chi connectivity index (χ2v) is 4.78. The molecule has 0 unspecified atom stereocenters. The summed E-state index contributed by atoms with van der Waals surface area (Å²) in [6.45, 7) is 8.68. The molecule has 78 valence electrons. The Hall–Kier alpha value is -1.18. The molecule has 2 N–H and O–H groups in total. The van der Waals surface area contributed by atoms with Crippen LogP contribution in [0.4, 0.5) is 11.4 Å². The molecule has 14 heavy (non-hydrogen) atoms. The van der Waals surface area contributed by atoms with Crippen LogP contribution >= 0.6 is 0 Å². The summed E-state index contributed by atoms with van der Waals surface area (Å²) in [5.41, 5.74) is 9.15. The standard InChI is InChI=1S/C12H20N2/c1-9-8-10(13)6-7-11(9)14(5)12(2,3)4/h6-8H,13H2,1-5H3. The quantitative estimate of drug-likeness (QED) is 0.693. The van der Waals surface area contributed by atoms with Crippen molar-refractivity contribution >= 4 is 11.4 Å². The Bertz CT molecular complexity index is 324. The van der Waals surface area contributed by atoms with Gasteiger partial charge in [0.2, 0.25) is 0 Å². The normalized spacial score (nSPS) is 11.5. The molecule has 0 aromatic heterocycles. The van der Waals surface area contributed by atoms with E-state index in [1.54, 1.807) is 0 Å².